The van der Waals surface area contributed by atoms with Gasteiger partial charge < -0.3 is 20.1 Å². The van der Waals surface area contributed by atoms with Gasteiger partial charge in [0.15, 0.2) is 0 Å². The smallest absolute Gasteiger partial charge is 0.414 e. The molecule has 0 amide bonds. The van der Waals surface area contributed by atoms with Crippen molar-refractivity contribution in [3.63, 3.8) is 0 Å². The highest BCUT2D eigenvalue weighted by atomic mass is 16.5. The molecular formula is C17H23NO6. The maximum absolute atomic E-state index is 9.90. The molecule has 0 aliphatic carbocycles. The molecule has 0 fully saturated rings. The Balaban J connectivity index is 0.000000754. The Morgan fingerprint density at radius 3 is 2.00 bits per heavy atom. The van der Waals surface area contributed by atoms with Crippen LogP contribution in [0.1, 0.15) is 0 Å². The van der Waals surface area contributed by atoms with E-state index in [0.29, 0.717) is 6.54 Å². The summed E-state index contributed by atoms with van der Waals surface area (Å²) in [5.74, 6) is -2.87. The largest absolute Gasteiger partial charge is 0.491 e. The Bertz CT molecular complexity index is 495. The minimum Gasteiger partial charge on any atom is -0.491 e. The number of aliphatic hydroxyl groups excluding tert-OH is 1. The monoisotopic (exact) mass is 337 g/mol. The molecule has 3 N–H and O–H groups in total. The van der Waals surface area contributed by atoms with E-state index in [9.17, 15) is 5.11 Å². The standard InChI is InChI=1S/C15H21NO2.C2H2O4/c1-3-10-16(11-4-2)12-14(17)13-18-15-8-6-5-7-9-15;3-1(4)2(5)6/h3-9,14,17H,1-2,10-13H2;(H,3,4)(H,5,6). The molecule has 0 aliphatic heterocycles. The van der Waals surface area contributed by atoms with Gasteiger partial charge in [-0.1, -0.05) is 30.4 Å². The summed E-state index contributed by atoms with van der Waals surface area (Å²) in [6.45, 7) is 9.68. The summed E-state index contributed by atoms with van der Waals surface area (Å²) < 4.78 is 5.50. The molecule has 1 aromatic carbocycles. The van der Waals surface area contributed by atoms with Crippen molar-refractivity contribution in [2.45, 2.75) is 6.10 Å². The van der Waals surface area contributed by atoms with E-state index in [1.165, 1.54) is 0 Å². The van der Waals surface area contributed by atoms with E-state index in [1.54, 1.807) is 0 Å². The minimum atomic E-state index is -1.82. The van der Waals surface area contributed by atoms with Crippen LogP contribution in [0.5, 0.6) is 5.75 Å². The van der Waals surface area contributed by atoms with Gasteiger partial charge in [0.05, 0.1) is 0 Å². The van der Waals surface area contributed by atoms with Gasteiger partial charge >= 0.3 is 11.9 Å². The van der Waals surface area contributed by atoms with Gasteiger partial charge in [0.25, 0.3) is 0 Å². The number of hydrogen-bond donors (Lipinski definition) is 3. The first-order valence-electron chi connectivity index (χ1n) is 7.17. The van der Waals surface area contributed by atoms with Gasteiger partial charge in [0.2, 0.25) is 0 Å². The normalized spacial score (nSPS) is 10.9. The summed E-state index contributed by atoms with van der Waals surface area (Å²) >= 11 is 0. The predicted octanol–water partition coefficient (Wildman–Crippen LogP) is 1.26. The average Bonchev–Trinajstić information content (AvgIpc) is 2.55. The Labute approximate surface area is 141 Å². The molecular weight excluding hydrogens is 314 g/mol. The lowest BCUT2D eigenvalue weighted by atomic mass is 10.3. The predicted molar refractivity (Wildman–Crippen MR) is 90.0 cm³/mol. The fourth-order valence-electron chi connectivity index (χ4n) is 1.65. The van der Waals surface area contributed by atoms with Crippen molar-refractivity contribution in [1.82, 2.24) is 4.90 Å². The van der Waals surface area contributed by atoms with Gasteiger partial charge in [0, 0.05) is 19.6 Å². The van der Waals surface area contributed by atoms with E-state index in [0.717, 1.165) is 18.8 Å². The molecule has 1 rings (SSSR count). The van der Waals surface area contributed by atoms with Crippen molar-refractivity contribution in [3.05, 3.63) is 55.6 Å². The Morgan fingerprint density at radius 1 is 1.08 bits per heavy atom. The second-order valence-electron chi connectivity index (χ2n) is 4.68. The van der Waals surface area contributed by atoms with E-state index in [1.807, 2.05) is 42.5 Å². The number of para-hydroxylation sites is 1. The molecule has 0 bridgehead atoms. The molecule has 0 aromatic heterocycles. The van der Waals surface area contributed by atoms with Crippen LogP contribution in [0.3, 0.4) is 0 Å². The maximum atomic E-state index is 9.90. The molecule has 0 radical (unpaired) electrons. The van der Waals surface area contributed by atoms with Crippen LogP contribution >= 0.6 is 0 Å². The number of ether oxygens (including phenoxy) is 1. The lowest BCUT2D eigenvalue weighted by molar-refractivity contribution is -0.159. The Morgan fingerprint density at radius 2 is 1.58 bits per heavy atom. The van der Waals surface area contributed by atoms with Crippen LogP contribution < -0.4 is 4.74 Å². The molecule has 1 unspecified atom stereocenters. The highest BCUT2D eigenvalue weighted by Gasteiger charge is 2.10. The highest BCUT2D eigenvalue weighted by Crippen LogP contribution is 2.08. The van der Waals surface area contributed by atoms with Crippen molar-refractivity contribution in [2.75, 3.05) is 26.2 Å². The quantitative estimate of drug-likeness (QED) is 0.460. The zero-order chi connectivity index (χ0) is 18.4. The molecule has 24 heavy (non-hydrogen) atoms. The lowest BCUT2D eigenvalue weighted by Crippen LogP contribution is -2.35. The van der Waals surface area contributed by atoms with Gasteiger partial charge in [-0.2, -0.15) is 0 Å². The lowest BCUT2D eigenvalue weighted by Gasteiger charge is -2.22. The first-order valence-corrected chi connectivity index (χ1v) is 7.17. The number of carboxylic acids is 2. The number of benzene rings is 1. The molecule has 0 aliphatic rings. The van der Waals surface area contributed by atoms with Crippen LogP contribution in [-0.4, -0.2) is 64.5 Å². The van der Waals surface area contributed by atoms with Crippen LogP contribution in [0.15, 0.2) is 55.6 Å². The van der Waals surface area contributed by atoms with Gasteiger partial charge in [-0.05, 0) is 12.1 Å². The molecule has 132 valence electrons. The average molecular weight is 337 g/mol. The molecule has 7 nitrogen and oxygen atoms in total. The second kappa shape index (κ2) is 12.9. The van der Waals surface area contributed by atoms with E-state index in [2.05, 4.69) is 18.1 Å². The first kappa shape index (κ1) is 21.4. The fourth-order valence-corrected chi connectivity index (χ4v) is 1.65. The third-order valence-corrected chi connectivity index (χ3v) is 2.61. The summed E-state index contributed by atoms with van der Waals surface area (Å²) in [6.07, 6.45) is 3.10. The Kier molecular flexibility index (Phi) is 11.4. The minimum absolute atomic E-state index is 0.287. The zero-order valence-corrected chi connectivity index (χ0v) is 13.4. The number of hydrogen-bond acceptors (Lipinski definition) is 5. The number of aliphatic carboxylic acids is 2. The van der Waals surface area contributed by atoms with Crippen molar-refractivity contribution in [2.24, 2.45) is 0 Å². The molecule has 7 heteroatoms. The van der Waals surface area contributed by atoms with Gasteiger partial charge in [0.1, 0.15) is 18.5 Å². The van der Waals surface area contributed by atoms with E-state index in [4.69, 9.17) is 24.5 Å². The third kappa shape index (κ3) is 11.0. The van der Waals surface area contributed by atoms with E-state index < -0.39 is 18.0 Å². The molecule has 1 atom stereocenters. The SMILES string of the molecule is C=CCN(CC=C)CC(O)COc1ccccc1.O=C(O)C(=O)O. The van der Waals surface area contributed by atoms with Crippen molar-refractivity contribution < 1.29 is 29.6 Å². The summed E-state index contributed by atoms with van der Waals surface area (Å²) in [6, 6.07) is 9.49. The summed E-state index contributed by atoms with van der Waals surface area (Å²) in [5.41, 5.74) is 0. The summed E-state index contributed by atoms with van der Waals surface area (Å²) in [4.78, 5) is 20.3. The van der Waals surface area contributed by atoms with Crippen LogP contribution in [0.25, 0.3) is 0 Å². The molecule has 0 spiro atoms. The first-order chi connectivity index (χ1) is 11.4. The van der Waals surface area contributed by atoms with Crippen molar-refractivity contribution in [1.29, 1.82) is 0 Å². The van der Waals surface area contributed by atoms with E-state index in [-0.39, 0.29) is 6.61 Å². The zero-order valence-electron chi connectivity index (χ0n) is 13.4. The van der Waals surface area contributed by atoms with Crippen molar-refractivity contribution >= 4 is 11.9 Å². The van der Waals surface area contributed by atoms with Crippen LogP contribution in [0.4, 0.5) is 0 Å². The number of carbonyl (C=O) groups is 2. The number of aliphatic hydroxyl groups is 1. The number of rotatable bonds is 9. The topological polar surface area (TPSA) is 107 Å². The van der Waals surface area contributed by atoms with Gasteiger partial charge in [-0.25, -0.2) is 9.59 Å². The van der Waals surface area contributed by atoms with Crippen molar-refractivity contribution in [3.8, 4) is 5.75 Å². The molecule has 0 heterocycles. The maximum Gasteiger partial charge on any atom is 0.414 e. The highest BCUT2D eigenvalue weighted by molar-refractivity contribution is 6.27. The van der Waals surface area contributed by atoms with E-state index >= 15 is 0 Å². The number of carboxylic acid groups (broad SMARTS) is 2. The van der Waals surface area contributed by atoms with Gasteiger partial charge in [-0.15, -0.1) is 13.2 Å². The molecule has 1 aromatic rings. The van der Waals surface area contributed by atoms with Crippen LogP contribution in [0.2, 0.25) is 0 Å². The third-order valence-electron chi connectivity index (χ3n) is 2.61. The van der Waals surface area contributed by atoms with Crippen LogP contribution in [0, 0.1) is 0 Å². The fraction of sp³-hybridized carbons (Fsp3) is 0.294. The Hall–Kier alpha value is -2.64. The number of nitrogens with zero attached hydrogens (tertiary/aromatic N) is 1. The molecule has 0 saturated heterocycles. The summed E-state index contributed by atoms with van der Waals surface area (Å²) in [7, 11) is 0. The van der Waals surface area contributed by atoms with Crippen LogP contribution in [-0.2, 0) is 9.59 Å². The molecule has 0 saturated carbocycles. The van der Waals surface area contributed by atoms with Gasteiger partial charge in [-0.3, -0.25) is 4.90 Å². The summed E-state index contributed by atoms with van der Waals surface area (Å²) in [5, 5.41) is 24.7. The second-order valence-corrected chi connectivity index (χ2v) is 4.68.